The standard InChI is InChI=1S/C18H15N3O/c22-18-17-5-2-1-4-15(17)13-20(18)12-14-6-8-16(9-7-14)21-11-3-10-19-21/h1-11H,12-13H2. The van der Waals surface area contributed by atoms with Gasteiger partial charge in [-0.15, -0.1) is 0 Å². The number of aromatic nitrogens is 2. The van der Waals surface area contributed by atoms with Crippen LogP contribution < -0.4 is 0 Å². The highest BCUT2D eigenvalue weighted by atomic mass is 16.2. The van der Waals surface area contributed by atoms with Crippen molar-refractivity contribution in [2.75, 3.05) is 0 Å². The Morgan fingerprint density at radius 3 is 2.55 bits per heavy atom. The minimum Gasteiger partial charge on any atom is -0.330 e. The second-order valence-electron chi connectivity index (χ2n) is 5.44. The molecule has 4 rings (SSSR count). The van der Waals surface area contributed by atoms with Crippen LogP contribution in [0, 0.1) is 0 Å². The summed E-state index contributed by atoms with van der Waals surface area (Å²) in [5.41, 5.74) is 4.08. The summed E-state index contributed by atoms with van der Waals surface area (Å²) in [6, 6.07) is 17.9. The highest BCUT2D eigenvalue weighted by molar-refractivity contribution is 5.98. The normalized spacial score (nSPS) is 13.5. The fourth-order valence-corrected chi connectivity index (χ4v) is 2.84. The predicted octanol–water partition coefficient (Wildman–Crippen LogP) is 3.03. The van der Waals surface area contributed by atoms with Crippen molar-refractivity contribution in [3.05, 3.63) is 83.7 Å². The average molecular weight is 289 g/mol. The fourth-order valence-electron chi connectivity index (χ4n) is 2.84. The van der Waals surface area contributed by atoms with Gasteiger partial charge in [0.15, 0.2) is 0 Å². The van der Waals surface area contributed by atoms with E-state index in [0.717, 1.165) is 22.4 Å². The highest BCUT2D eigenvalue weighted by Crippen LogP contribution is 2.24. The van der Waals surface area contributed by atoms with Crippen LogP contribution in [0.5, 0.6) is 0 Å². The number of carbonyl (C=O) groups is 1. The number of nitrogens with zero attached hydrogens (tertiary/aromatic N) is 3. The quantitative estimate of drug-likeness (QED) is 0.743. The Balaban J connectivity index is 1.52. The SMILES string of the molecule is O=C1c2ccccc2CN1Cc1ccc(-n2cccn2)cc1. The van der Waals surface area contributed by atoms with E-state index in [9.17, 15) is 4.79 Å². The van der Waals surface area contributed by atoms with Crippen molar-refractivity contribution < 1.29 is 4.79 Å². The van der Waals surface area contributed by atoms with Crippen LogP contribution in [0.1, 0.15) is 21.5 Å². The van der Waals surface area contributed by atoms with E-state index in [1.807, 2.05) is 70.4 Å². The summed E-state index contributed by atoms with van der Waals surface area (Å²) >= 11 is 0. The van der Waals surface area contributed by atoms with Gasteiger partial charge in [0.05, 0.1) is 5.69 Å². The maximum Gasteiger partial charge on any atom is 0.254 e. The number of hydrogen-bond donors (Lipinski definition) is 0. The lowest BCUT2D eigenvalue weighted by molar-refractivity contribution is 0.0766. The van der Waals surface area contributed by atoms with Gasteiger partial charge in [0, 0.05) is 31.0 Å². The summed E-state index contributed by atoms with van der Waals surface area (Å²) in [4.78, 5) is 14.2. The largest absolute Gasteiger partial charge is 0.330 e. The summed E-state index contributed by atoms with van der Waals surface area (Å²) in [6.45, 7) is 1.32. The first-order chi connectivity index (χ1) is 10.8. The van der Waals surface area contributed by atoms with E-state index >= 15 is 0 Å². The van der Waals surface area contributed by atoms with E-state index in [2.05, 4.69) is 5.10 Å². The van der Waals surface area contributed by atoms with E-state index in [4.69, 9.17) is 0 Å². The molecule has 3 aromatic rings. The minimum absolute atomic E-state index is 0.117. The Hall–Kier alpha value is -2.88. The zero-order valence-electron chi connectivity index (χ0n) is 12.0. The summed E-state index contributed by atoms with van der Waals surface area (Å²) in [5.74, 6) is 0.117. The Labute approximate surface area is 128 Å². The van der Waals surface area contributed by atoms with Crippen molar-refractivity contribution in [3.8, 4) is 5.69 Å². The van der Waals surface area contributed by atoms with Crippen molar-refractivity contribution in [1.29, 1.82) is 0 Å². The number of rotatable bonds is 3. The maximum absolute atomic E-state index is 12.4. The smallest absolute Gasteiger partial charge is 0.254 e. The monoisotopic (exact) mass is 289 g/mol. The van der Waals surface area contributed by atoms with Gasteiger partial charge in [0.25, 0.3) is 5.91 Å². The van der Waals surface area contributed by atoms with Crippen LogP contribution in [0.4, 0.5) is 0 Å². The van der Waals surface area contributed by atoms with Gasteiger partial charge < -0.3 is 4.90 Å². The third kappa shape index (κ3) is 2.19. The third-order valence-electron chi connectivity index (χ3n) is 3.97. The van der Waals surface area contributed by atoms with Crippen LogP contribution in [0.2, 0.25) is 0 Å². The summed E-state index contributed by atoms with van der Waals surface area (Å²) < 4.78 is 1.82. The zero-order chi connectivity index (χ0) is 14.9. The first kappa shape index (κ1) is 12.8. The number of carbonyl (C=O) groups excluding carboxylic acids is 1. The van der Waals surface area contributed by atoms with Gasteiger partial charge in [-0.1, -0.05) is 30.3 Å². The first-order valence-corrected chi connectivity index (χ1v) is 7.27. The van der Waals surface area contributed by atoms with Gasteiger partial charge in [-0.2, -0.15) is 5.10 Å². The topological polar surface area (TPSA) is 38.1 Å². The molecule has 0 unspecified atom stereocenters. The van der Waals surface area contributed by atoms with Crippen LogP contribution >= 0.6 is 0 Å². The van der Waals surface area contributed by atoms with Gasteiger partial charge in [0.2, 0.25) is 0 Å². The molecule has 1 aromatic heterocycles. The molecule has 4 heteroatoms. The highest BCUT2D eigenvalue weighted by Gasteiger charge is 2.26. The maximum atomic E-state index is 12.4. The molecular weight excluding hydrogens is 274 g/mol. The molecule has 0 N–H and O–H groups in total. The van der Waals surface area contributed by atoms with Crippen molar-refractivity contribution in [2.45, 2.75) is 13.1 Å². The van der Waals surface area contributed by atoms with E-state index in [-0.39, 0.29) is 5.91 Å². The molecule has 0 saturated heterocycles. The fraction of sp³-hybridized carbons (Fsp3) is 0.111. The van der Waals surface area contributed by atoms with Crippen LogP contribution in [0.3, 0.4) is 0 Å². The van der Waals surface area contributed by atoms with Crippen LogP contribution in [0.25, 0.3) is 5.69 Å². The number of benzene rings is 2. The van der Waals surface area contributed by atoms with E-state index in [0.29, 0.717) is 13.1 Å². The van der Waals surface area contributed by atoms with Gasteiger partial charge in [-0.05, 0) is 35.4 Å². The third-order valence-corrected chi connectivity index (χ3v) is 3.97. The summed E-state index contributed by atoms with van der Waals surface area (Å²) in [6.07, 6.45) is 3.67. The molecule has 108 valence electrons. The first-order valence-electron chi connectivity index (χ1n) is 7.27. The molecule has 0 spiro atoms. The second kappa shape index (κ2) is 5.15. The molecule has 1 amide bonds. The molecule has 4 nitrogen and oxygen atoms in total. The molecule has 0 atom stereocenters. The molecule has 2 aromatic carbocycles. The molecule has 0 radical (unpaired) electrons. The lowest BCUT2D eigenvalue weighted by atomic mass is 10.1. The van der Waals surface area contributed by atoms with Crippen LogP contribution in [0.15, 0.2) is 67.0 Å². The van der Waals surface area contributed by atoms with E-state index in [1.165, 1.54) is 0 Å². The number of hydrogen-bond acceptors (Lipinski definition) is 2. The lowest BCUT2D eigenvalue weighted by Crippen LogP contribution is -2.23. The minimum atomic E-state index is 0.117. The molecule has 1 aliphatic rings. The van der Waals surface area contributed by atoms with Crippen LogP contribution in [-0.4, -0.2) is 20.6 Å². The molecule has 2 heterocycles. The second-order valence-corrected chi connectivity index (χ2v) is 5.44. The Kier molecular flexibility index (Phi) is 3.00. The molecule has 0 saturated carbocycles. The van der Waals surface area contributed by atoms with E-state index in [1.54, 1.807) is 6.20 Å². The average Bonchev–Trinajstić information content (AvgIpc) is 3.18. The molecular formula is C18H15N3O. The zero-order valence-corrected chi connectivity index (χ0v) is 12.0. The lowest BCUT2D eigenvalue weighted by Gasteiger charge is -2.16. The summed E-state index contributed by atoms with van der Waals surface area (Å²) in [7, 11) is 0. The van der Waals surface area contributed by atoms with Gasteiger partial charge in [0.1, 0.15) is 0 Å². The Morgan fingerprint density at radius 1 is 1.00 bits per heavy atom. The number of fused-ring (bicyclic) bond motifs is 1. The van der Waals surface area contributed by atoms with Gasteiger partial charge in [-0.3, -0.25) is 4.79 Å². The number of amides is 1. The van der Waals surface area contributed by atoms with Crippen molar-refractivity contribution >= 4 is 5.91 Å². The Bertz CT molecular complexity index is 807. The molecule has 0 aliphatic carbocycles. The van der Waals surface area contributed by atoms with Crippen molar-refractivity contribution in [3.63, 3.8) is 0 Å². The van der Waals surface area contributed by atoms with Crippen molar-refractivity contribution in [1.82, 2.24) is 14.7 Å². The van der Waals surface area contributed by atoms with E-state index < -0.39 is 0 Å². The van der Waals surface area contributed by atoms with Gasteiger partial charge >= 0.3 is 0 Å². The Morgan fingerprint density at radius 2 is 1.82 bits per heavy atom. The predicted molar refractivity (Wildman–Crippen MR) is 83.6 cm³/mol. The van der Waals surface area contributed by atoms with Crippen LogP contribution in [-0.2, 0) is 13.1 Å². The van der Waals surface area contributed by atoms with Gasteiger partial charge in [-0.25, -0.2) is 4.68 Å². The molecule has 1 aliphatic heterocycles. The molecule has 0 bridgehead atoms. The molecule has 0 fully saturated rings. The van der Waals surface area contributed by atoms with Crippen molar-refractivity contribution in [2.24, 2.45) is 0 Å². The summed E-state index contributed by atoms with van der Waals surface area (Å²) in [5, 5.41) is 4.21. The molecule has 22 heavy (non-hydrogen) atoms.